The Balaban J connectivity index is 1.28. The third kappa shape index (κ3) is 4.55. The minimum atomic E-state index is -1.03. The fourth-order valence-corrected chi connectivity index (χ4v) is 4.00. The Morgan fingerprint density at radius 3 is 2.17 bits per heavy atom. The van der Waals surface area contributed by atoms with Crippen LogP contribution in [0.1, 0.15) is 12.8 Å². The Labute approximate surface area is 203 Å². The monoisotopic (exact) mass is 465 g/mol. The molecule has 35 heavy (non-hydrogen) atoms. The zero-order valence-corrected chi connectivity index (χ0v) is 19.5. The van der Waals surface area contributed by atoms with Gasteiger partial charge >= 0.3 is 0 Å². The number of carbonyl (C=O) groups is 2. The summed E-state index contributed by atoms with van der Waals surface area (Å²) in [7, 11) is 3.60. The van der Waals surface area contributed by atoms with Crippen LogP contribution < -0.4 is 25.6 Å². The van der Waals surface area contributed by atoms with E-state index in [1.54, 1.807) is 55.8 Å². The van der Waals surface area contributed by atoms with Crippen molar-refractivity contribution < 1.29 is 19.1 Å². The molecule has 1 saturated carbocycles. The molecule has 1 aromatic heterocycles. The number of anilines is 2. The molecular weight excluding hydrogens is 441 g/mol. The molecule has 1 heterocycles. The van der Waals surface area contributed by atoms with Gasteiger partial charge in [0.05, 0.1) is 12.6 Å². The van der Waals surface area contributed by atoms with Crippen LogP contribution in [0, 0.1) is 5.41 Å². The van der Waals surface area contributed by atoms with Crippen molar-refractivity contribution in [2.24, 2.45) is 5.41 Å². The number of amides is 2. The molecular formula is C27H24BN3O4. The zero-order chi connectivity index (χ0) is 24.4. The Morgan fingerprint density at radius 1 is 0.886 bits per heavy atom. The molecule has 0 unspecified atom stereocenters. The molecule has 0 spiro atoms. The Hall–Kier alpha value is -4.33. The maximum atomic E-state index is 12.9. The molecule has 0 saturated heterocycles. The summed E-state index contributed by atoms with van der Waals surface area (Å²) in [6.07, 6.45) is 2.75. The van der Waals surface area contributed by atoms with Gasteiger partial charge in [-0.15, -0.1) is 0 Å². The van der Waals surface area contributed by atoms with Gasteiger partial charge in [0.1, 0.15) is 30.5 Å². The SMILES string of the molecule is Bc1cc2nccc(Oc3ccc(NC(=O)C4(C(=O)Nc5ccccc5)CC4)cc3)c2cc1OC. The second kappa shape index (κ2) is 9.14. The van der Waals surface area contributed by atoms with Gasteiger partial charge in [-0.2, -0.15) is 0 Å². The number of carbonyl (C=O) groups excluding carboxylic acids is 2. The summed E-state index contributed by atoms with van der Waals surface area (Å²) < 4.78 is 11.5. The number of methoxy groups -OCH3 is 1. The first kappa shape index (κ1) is 22.5. The first-order chi connectivity index (χ1) is 17.0. The normalized spacial score (nSPS) is 13.6. The number of hydrogen-bond donors (Lipinski definition) is 2. The van der Waals surface area contributed by atoms with E-state index in [9.17, 15) is 9.59 Å². The molecule has 8 heteroatoms. The average Bonchev–Trinajstić information content (AvgIpc) is 3.68. The van der Waals surface area contributed by atoms with E-state index in [0.29, 0.717) is 35.7 Å². The first-order valence-electron chi connectivity index (χ1n) is 11.4. The van der Waals surface area contributed by atoms with Crippen LogP contribution in [0.25, 0.3) is 10.9 Å². The van der Waals surface area contributed by atoms with Crippen LogP contribution in [-0.2, 0) is 9.59 Å². The summed E-state index contributed by atoms with van der Waals surface area (Å²) >= 11 is 0. The molecule has 1 fully saturated rings. The van der Waals surface area contributed by atoms with Crippen LogP contribution in [0.15, 0.2) is 79.0 Å². The van der Waals surface area contributed by atoms with E-state index < -0.39 is 5.41 Å². The molecule has 0 atom stereocenters. The van der Waals surface area contributed by atoms with Crippen molar-refractivity contribution in [3.63, 3.8) is 0 Å². The van der Waals surface area contributed by atoms with Crippen molar-refractivity contribution in [3.8, 4) is 17.2 Å². The zero-order valence-electron chi connectivity index (χ0n) is 19.5. The highest BCUT2D eigenvalue weighted by Crippen LogP contribution is 2.47. The summed E-state index contributed by atoms with van der Waals surface area (Å²) in [5.74, 6) is 1.44. The first-order valence-corrected chi connectivity index (χ1v) is 11.4. The van der Waals surface area contributed by atoms with E-state index in [4.69, 9.17) is 9.47 Å². The highest BCUT2D eigenvalue weighted by Gasteiger charge is 2.56. The third-order valence-electron chi connectivity index (χ3n) is 6.21. The average molecular weight is 465 g/mol. The van der Waals surface area contributed by atoms with Gasteiger partial charge in [0.2, 0.25) is 11.8 Å². The smallest absolute Gasteiger partial charge is 0.240 e. The highest BCUT2D eigenvalue weighted by molar-refractivity contribution is 6.35. The number of hydrogen-bond acceptors (Lipinski definition) is 5. The molecule has 2 N–H and O–H groups in total. The highest BCUT2D eigenvalue weighted by atomic mass is 16.5. The number of pyridine rings is 1. The van der Waals surface area contributed by atoms with Gasteiger partial charge in [-0.05, 0) is 72.9 Å². The lowest BCUT2D eigenvalue weighted by Crippen LogP contribution is -2.35. The molecule has 0 radical (unpaired) electrons. The Morgan fingerprint density at radius 2 is 1.54 bits per heavy atom. The maximum absolute atomic E-state index is 12.9. The molecule has 5 rings (SSSR count). The van der Waals surface area contributed by atoms with E-state index in [-0.39, 0.29) is 11.8 Å². The molecule has 1 aliphatic carbocycles. The van der Waals surface area contributed by atoms with Crippen LogP contribution in [-0.4, -0.2) is 31.8 Å². The quantitative estimate of drug-likeness (QED) is 0.321. The lowest BCUT2D eigenvalue weighted by Gasteiger charge is -2.16. The van der Waals surface area contributed by atoms with Gasteiger partial charge in [0, 0.05) is 23.0 Å². The largest absolute Gasteiger partial charge is 0.497 e. The topological polar surface area (TPSA) is 89.5 Å². The van der Waals surface area contributed by atoms with Gasteiger partial charge in [-0.25, -0.2) is 0 Å². The predicted molar refractivity (Wildman–Crippen MR) is 138 cm³/mol. The molecule has 0 bridgehead atoms. The fourth-order valence-electron chi connectivity index (χ4n) is 4.00. The van der Waals surface area contributed by atoms with Crippen LogP contribution in [0.4, 0.5) is 11.4 Å². The number of rotatable bonds is 7. The van der Waals surface area contributed by atoms with Gasteiger partial charge < -0.3 is 20.1 Å². The lowest BCUT2D eigenvalue weighted by molar-refractivity contribution is -0.131. The van der Waals surface area contributed by atoms with E-state index in [0.717, 1.165) is 22.1 Å². The van der Waals surface area contributed by atoms with Crippen molar-refractivity contribution in [2.45, 2.75) is 12.8 Å². The second-order valence-corrected chi connectivity index (χ2v) is 8.63. The number of fused-ring (bicyclic) bond motifs is 1. The van der Waals surface area contributed by atoms with Crippen molar-refractivity contribution in [2.75, 3.05) is 17.7 Å². The summed E-state index contributed by atoms with van der Waals surface area (Å²) in [5.41, 5.74) is 2.05. The van der Waals surface area contributed by atoms with Gasteiger partial charge in [-0.3, -0.25) is 14.6 Å². The molecule has 7 nitrogen and oxygen atoms in total. The molecule has 3 aromatic carbocycles. The molecule has 2 amide bonds. The summed E-state index contributed by atoms with van der Waals surface area (Å²) in [6.45, 7) is 0. The van der Waals surface area contributed by atoms with E-state index in [2.05, 4.69) is 15.6 Å². The third-order valence-corrected chi connectivity index (χ3v) is 6.21. The predicted octanol–water partition coefficient (Wildman–Crippen LogP) is 3.65. The van der Waals surface area contributed by atoms with Gasteiger partial charge in [0.15, 0.2) is 0 Å². The van der Waals surface area contributed by atoms with Crippen molar-refractivity contribution in [3.05, 3.63) is 79.0 Å². The summed E-state index contributed by atoms with van der Waals surface area (Å²) in [5, 5.41) is 6.55. The van der Waals surface area contributed by atoms with Crippen LogP contribution in [0.5, 0.6) is 17.2 Å². The Kier molecular flexibility index (Phi) is 5.87. The minimum absolute atomic E-state index is 0.281. The number of nitrogens with one attached hydrogen (secondary N) is 2. The Bertz CT molecular complexity index is 1400. The maximum Gasteiger partial charge on any atom is 0.240 e. The number of nitrogens with zero attached hydrogens (tertiary/aromatic N) is 1. The molecule has 4 aromatic rings. The van der Waals surface area contributed by atoms with E-state index >= 15 is 0 Å². The van der Waals surface area contributed by atoms with Crippen LogP contribution >= 0.6 is 0 Å². The van der Waals surface area contributed by atoms with Crippen molar-refractivity contribution in [1.82, 2.24) is 4.98 Å². The summed E-state index contributed by atoms with van der Waals surface area (Å²) in [6, 6.07) is 21.9. The van der Waals surface area contributed by atoms with Crippen LogP contribution in [0.2, 0.25) is 0 Å². The number of ether oxygens (including phenoxy) is 2. The second-order valence-electron chi connectivity index (χ2n) is 8.63. The molecule has 1 aliphatic rings. The lowest BCUT2D eigenvalue weighted by atomic mass is 9.93. The standard InChI is InChI=1S/C27H24BN3O4/c1-34-24-15-20-22(16-21(24)28)29-14-11-23(20)35-19-9-7-18(8-10-19)31-26(33)27(12-13-27)25(32)30-17-5-3-2-4-6-17/h2-11,14-16H,12-13,28H2,1H3,(H,30,32)(H,31,33). The van der Waals surface area contributed by atoms with Crippen molar-refractivity contribution >= 4 is 47.4 Å². The molecule has 174 valence electrons. The fraction of sp³-hybridized carbons (Fsp3) is 0.148. The number of benzene rings is 3. The number of aromatic nitrogens is 1. The molecule has 0 aliphatic heterocycles. The van der Waals surface area contributed by atoms with Gasteiger partial charge in [0.25, 0.3) is 0 Å². The number of para-hydroxylation sites is 1. The van der Waals surface area contributed by atoms with Gasteiger partial charge in [-0.1, -0.05) is 18.2 Å². The van der Waals surface area contributed by atoms with Crippen molar-refractivity contribution in [1.29, 1.82) is 0 Å². The van der Waals surface area contributed by atoms with E-state index in [1.807, 2.05) is 38.2 Å². The van der Waals surface area contributed by atoms with E-state index in [1.165, 1.54) is 0 Å². The van der Waals surface area contributed by atoms with Crippen LogP contribution in [0.3, 0.4) is 0 Å². The minimum Gasteiger partial charge on any atom is -0.497 e. The summed E-state index contributed by atoms with van der Waals surface area (Å²) in [4.78, 5) is 30.1.